The summed E-state index contributed by atoms with van der Waals surface area (Å²) in [5, 5.41) is 10.8. The van der Waals surface area contributed by atoms with Crippen molar-refractivity contribution in [1.29, 1.82) is 0 Å². The summed E-state index contributed by atoms with van der Waals surface area (Å²) in [4.78, 5) is 22.9. The number of anilines is 1. The molecule has 0 aliphatic carbocycles. The molecule has 1 atom stereocenters. The molecule has 1 aliphatic rings. The Hall–Kier alpha value is -2.87. The fourth-order valence-corrected chi connectivity index (χ4v) is 3.00. The van der Waals surface area contributed by atoms with Gasteiger partial charge in [-0.1, -0.05) is 30.3 Å². The average Bonchev–Trinajstić information content (AvgIpc) is 3.23. The predicted octanol–water partition coefficient (Wildman–Crippen LogP) is 0.152. The van der Waals surface area contributed by atoms with E-state index in [9.17, 15) is 4.79 Å². The topological polar surface area (TPSA) is 115 Å². The normalized spacial score (nSPS) is 17.8. The highest BCUT2D eigenvalue weighted by molar-refractivity contribution is 5.87. The molecule has 3 aromatic rings. The van der Waals surface area contributed by atoms with E-state index in [2.05, 4.69) is 31.1 Å². The molecular weight excluding hydrogens is 294 g/mol. The van der Waals surface area contributed by atoms with E-state index in [0.29, 0.717) is 22.8 Å². The van der Waals surface area contributed by atoms with Gasteiger partial charge in [-0.25, -0.2) is 14.8 Å². The molecule has 8 heteroatoms. The summed E-state index contributed by atoms with van der Waals surface area (Å²) < 4.78 is 0. The van der Waals surface area contributed by atoms with E-state index < -0.39 is 0 Å². The lowest BCUT2D eigenvalue weighted by Gasteiger charge is -2.22. The number of quaternary nitrogens is 1. The van der Waals surface area contributed by atoms with Crippen LogP contribution in [-0.2, 0) is 4.79 Å². The summed E-state index contributed by atoms with van der Waals surface area (Å²) in [6.45, 7) is 0.749. The molecule has 1 unspecified atom stereocenters. The van der Waals surface area contributed by atoms with Crippen molar-refractivity contribution in [2.45, 2.75) is 18.9 Å². The maximum atomic E-state index is 11.8. The van der Waals surface area contributed by atoms with Crippen LogP contribution in [0.15, 0.2) is 30.3 Å². The van der Waals surface area contributed by atoms with E-state index in [1.165, 1.54) is 0 Å². The fourth-order valence-electron chi connectivity index (χ4n) is 3.00. The monoisotopic (exact) mass is 310 g/mol. The third-order valence-electron chi connectivity index (χ3n) is 4.09. The Morgan fingerprint density at radius 2 is 2.04 bits per heavy atom. The Morgan fingerprint density at radius 3 is 2.83 bits per heavy atom. The zero-order valence-electron chi connectivity index (χ0n) is 12.4. The summed E-state index contributed by atoms with van der Waals surface area (Å²) >= 11 is 0. The largest absolute Gasteiger partial charge is 0.339 e. The Kier molecular flexibility index (Phi) is 3.23. The maximum absolute atomic E-state index is 11.8. The molecule has 1 aliphatic heterocycles. The first-order valence-electron chi connectivity index (χ1n) is 7.50. The second-order valence-electron chi connectivity index (χ2n) is 5.55. The Labute approximate surface area is 131 Å². The van der Waals surface area contributed by atoms with Crippen molar-refractivity contribution in [1.82, 2.24) is 25.4 Å². The lowest BCUT2D eigenvalue weighted by molar-refractivity contribution is -0.307. The number of hydrogen-bond donors (Lipinski definition) is 2. The van der Waals surface area contributed by atoms with E-state index in [1.54, 1.807) is 0 Å². The maximum Gasteiger partial charge on any atom is 0.331 e. The number of nitrogens with zero attached hydrogens (tertiary/aromatic N) is 5. The van der Waals surface area contributed by atoms with E-state index in [1.807, 2.05) is 35.2 Å². The molecule has 3 heterocycles. The molecule has 0 bridgehead atoms. The van der Waals surface area contributed by atoms with Gasteiger partial charge in [-0.05, 0) is 12.8 Å². The number of fused-ring (bicyclic) bond motifs is 1. The number of rotatable bonds is 3. The second-order valence-corrected chi connectivity index (χ2v) is 5.55. The third-order valence-corrected chi connectivity index (χ3v) is 4.09. The number of hydrogen-bond acceptors (Lipinski definition) is 6. The van der Waals surface area contributed by atoms with E-state index in [0.717, 1.165) is 24.9 Å². The quantitative estimate of drug-likeness (QED) is 0.711. The number of H-pyrrole nitrogens is 1. The van der Waals surface area contributed by atoms with Gasteiger partial charge in [-0.15, -0.1) is 5.10 Å². The van der Waals surface area contributed by atoms with Gasteiger partial charge in [0.15, 0.2) is 17.2 Å². The van der Waals surface area contributed by atoms with Crippen molar-refractivity contribution in [3.63, 3.8) is 0 Å². The fraction of sp³-hybridized carbons (Fsp3) is 0.267. The minimum Gasteiger partial charge on any atom is -0.339 e. The number of benzene rings is 1. The summed E-state index contributed by atoms with van der Waals surface area (Å²) in [6.07, 6.45) is 1.71. The summed E-state index contributed by atoms with van der Waals surface area (Å²) in [6, 6.07) is 9.44. The summed E-state index contributed by atoms with van der Waals surface area (Å²) in [5.41, 5.74) is 5.55. The van der Waals surface area contributed by atoms with Crippen molar-refractivity contribution >= 4 is 22.9 Å². The van der Waals surface area contributed by atoms with Crippen molar-refractivity contribution in [2.75, 3.05) is 11.4 Å². The van der Waals surface area contributed by atoms with Crippen LogP contribution in [0.5, 0.6) is 0 Å². The van der Waals surface area contributed by atoms with Crippen LogP contribution in [0.1, 0.15) is 12.8 Å². The first-order chi connectivity index (χ1) is 11.2. The van der Waals surface area contributed by atoms with Gasteiger partial charge in [0.05, 0.1) is 0 Å². The van der Waals surface area contributed by atoms with Gasteiger partial charge >= 0.3 is 5.91 Å². The Bertz CT molecular complexity index is 861. The molecular formula is C15H16N7O+. The van der Waals surface area contributed by atoms with Crippen LogP contribution in [0.4, 0.5) is 5.82 Å². The molecule has 4 rings (SSSR count). The molecule has 0 radical (unpaired) electrons. The molecule has 1 fully saturated rings. The second kappa shape index (κ2) is 5.40. The number of amides is 1. The molecule has 1 aromatic carbocycles. The number of aromatic amines is 1. The van der Waals surface area contributed by atoms with Crippen molar-refractivity contribution < 1.29 is 10.5 Å². The molecule has 8 nitrogen and oxygen atoms in total. The molecule has 4 N–H and O–H groups in total. The van der Waals surface area contributed by atoms with Crippen LogP contribution >= 0.6 is 0 Å². The Morgan fingerprint density at radius 1 is 1.22 bits per heavy atom. The van der Waals surface area contributed by atoms with Gasteiger partial charge in [0.2, 0.25) is 5.65 Å². The molecule has 0 spiro atoms. The van der Waals surface area contributed by atoms with Crippen molar-refractivity contribution in [3.8, 4) is 11.4 Å². The SMILES string of the molecule is [NH3+]C(=O)C1CCCN1c1nc(-c2ccccc2)nc2n[nH]nc12. The van der Waals surface area contributed by atoms with Crippen LogP contribution in [0.25, 0.3) is 22.6 Å². The van der Waals surface area contributed by atoms with Gasteiger partial charge in [-0.3, -0.25) is 5.73 Å². The van der Waals surface area contributed by atoms with Crippen LogP contribution < -0.4 is 10.6 Å². The van der Waals surface area contributed by atoms with Crippen LogP contribution in [0, 0.1) is 0 Å². The highest BCUT2D eigenvalue weighted by atomic mass is 16.1. The molecule has 0 saturated carbocycles. The van der Waals surface area contributed by atoms with Gasteiger partial charge < -0.3 is 4.90 Å². The van der Waals surface area contributed by atoms with Gasteiger partial charge in [-0.2, -0.15) is 10.3 Å². The van der Waals surface area contributed by atoms with Crippen LogP contribution in [-0.4, -0.2) is 43.9 Å². The minimum absolute atomic E-state index is 0.0981. The zero-order valence-corrected chi connectivity index (χ0v) is 12.4. The average molecular weight is 310 g/mol. The molecule has 2 aromatic heterocycles. The third kappa shape index (κ3) is 2.33. The first-order valence-corrected chi connectivity index (χ1v) is 7.50. The summed E-state index contributed by atoms with van der Waals surface area (Å²) in [5.74, 6) is 1.12. The highest BCUT2D eigenvalue weighted by Crippen LogP contribution is 2.30. The zero-order chi connectivity index (χ0) is 15.8. The lowest BCUT2D eigenvalue weighted by Crippen LogP contribution is -2.65. The number of nitrogens with one attached hydrogen (secondary N) is 1. The van der Waals surface area contributed by atoms with Crippen LogP contribution in [0.2, 0.25) is 0 Å². The van der Waals surface area contributed by atoms with Crippen LogP contribution in [0.3, 0.4) is 0 Å². The predicted molar refractivity (Wildman–Crippen MR) is 83.2 cm³/mol. The van der Waals surface area contributed by atoms with Gasteiger partial charge in [0.1, 0.15) is 6.04 Å². The lowest BCUT2D eigenvalue weighted by atomic mass is 10.2. The van der Waals surface area contributed by atoms with Gasteiger partial charge in [0, 0.05) is 12.1 Å². The molecule has 116 valence electrons. The van der Waals surface area contributed by atoms with Crippen molar-refractivity contribution in [3.05, 3.63) is 30.3 Å². The highest BCUT2D eigenvalue weighted by Gasteiger charge is 2.34. The number of aromatic nitrogens is 5. The van der Waals surface area contributed by atoms with E-state index in [-0.39, 0.29) is 11.9 Å². The smallest absolute Gasteiger partial charge is 0.331 e. The standard InChI is InChI=1S/C15H15N7O/c16-12(23)10-7-4-8-22(10)15-11-14(20-21-19-11)17-13(18-15)9-5-2-1-3-6-9/h1-3,5-6,10H,4,7-8H2,(H2,16,23)(H,17,18,19,20,21)/p+1. The van der Waals surface area contributed by atoms with Gasteiger partial charge in [0.25, 0.3) is 0 Å². The van der Waals surface area contributed by atoms with E-state index in [4.69, 9.17) is 0 Å². The molecule has 23 heavy (non-hydrogen) atoms. The minimum atomic E-state index is -0.256. The van der Waals surface area contributed by atoms with Crippen molar-refractivity contribution in [2.24, 2.45) is 0 Å². The number of carbonyl (C=O) groups is 1. The Balaban J connectivity index is 1.88. The number of carbonyl (C=O) groups excluding carboxylic acids is 1. The first kappa shape index (κ1) is 13.8. The van der Waals surface area contributed by atoms with E-state index >= 15 is 0 Å². The summed E-state index contributed by atoms with van der Waals surface area (Å²) in [7, 11) is 0. The molecule has 1 saturated heterocycles. The molecule has 1 amide bonds.